The Kier molecular flexibility index (Phi) is 6.89. The number of nitrogens with zero attached hydrogens (tertiary/aromatic N) is 4. The normalized spacial score (nSPS) is 15.8. The zero-order chi connectivity index (χ0) is 29.6. The van der Waals surface area contributed by atoms with Crippen LogP contribution >= 0.6 is 0 Å². The first-order valence-electron chi connectivity index (χ1n) is 13.9. The smallest absolute Gasteiger partial charge is 0.407 e. The number of fused-ring (bicyclic) bond motifs is 2. The number of benzene rings is 2. The van der Waals surface area contributed by atoms with Crippen molar-refractivity contribution in [2.45, 2.75) is 50.7 Å². The third-order valence-electron chi connectivity index (χ3n) is 7.39. The molecule has 42 heavy (non-hydrogen) atoms. The predicted molar refractivity (Wildman–Crippen MR) is 164 cm³/mol. The van der Waals surface area contributed by atoms with Crippen molar-refractivity contribution in [3.8, 4) is 11.1 Å². The molecule has 0 spiro atoms. The number of hydrogen-bond donors (Lipinski definition) is 1. The monoisotopic (exact) mass is 583 g/mol. The van der Waals surface area contributed by atoms with Gasteiger partial charge in [-0.15, -0.1) is 0 Å². The topological polar surface area (TPSA) is 106 Å². The van der Waals surface area contributed by atoms with Crippen LogP contribution in [0, 0.1) is 6.92 Å². The molecule has 5 aromatic rings. The molecule has 1 aliphatic heterocycles. The van der Waals surface area contributed by atoms with E-state index in [1.807, 2.05) is 58.0 Å². The van der Waals surface area contributed by atoms with E-state index in [-0.39, 0.29) is 10.9 Å². The molecule has 1 atom stereocenters. The summed E-state index contributed by atoms with van der Waals surface area (Å²) in [7, 11) is -3.87. The van der Waals surface area contributed by atoms with Gasteiger partial charge in [0.1, 0.15) is 5.60 Å². The highest BCUT2D eigenvalue weighted by Crippen LogP contribution is 2.36. The molecule has 0 saturated carbocycles. The van der Waals surface area contributed by atoms with Gasteiger partial charge in [0.05, 0.1) is 16.5 Å². The molecule has 216 valence electrons. The van der Waals surface area contributed by atoms with E-state index in [0.717, 1.165) is 51.6 Å². The number of anilines is 1. The van der Waals surface area contributed by atoms with Gasteiger partial charge in [0.25, 0.3) is 10.0 Å². The van der Waals surface area contributed by atoms with Crippen molar-refractivity contribution in [3.05, 3.63) is 84.8 Å². The van der Waals surface area contributed by atoms with E-state index in [4.69, 9.17) is 4.74 Å². The fourth-order valence-electron chi connectivity index (χ4n) is 5.41. The summed E-state index contributed by atoms with van der Waals surface area (Å²) in [5.74, 6) is 0. The Morgan fingerprint density at radius 3 is 2.55 bits per heavy atom. The van der Waals surface area contributed by atoms with Crippen LogP contribution in [-0.2, 0) is 14.8 Å². The molecule has 0 unspecified atom stereocenters. The van der Waals surface area contributed by atoms with Crippen molar-refractivity contribution in [3.63, 3.8) is 0 Å². The van der Waals surface area contributed by atoms with E-state index in [1.54, 1.807) is 42.9 Å². The van der Waals surface area contributed by atoms with Gasteiger partial charge >= 0.3 is 6.09 Å². The number of carbonyl (C=O) groups is 1. The maximum absolute atomic E-state index is 13.7. The number of nitrogens with one attached hydrogen (secondary N) is 1. The Morgan fingerprint density at radius 2 is 1.79 bits per heavy atom. The molecule has 1 amide bonds. The highest BCUT2D eigenvalue weighted by Gasteiger charge is 2.28. The van der Waals surface area contributed by atoms with Gasteiger partial charge in [-0.3, -0.25) is 4.98 Å². The molecule has 1 N–H and O–H groups in total. The molecule has 2 aromatic carbocycles. The summed E-state index contributed by atoms with van der Waals surface area (Å²) in [6.45, 7) is 8.87. The SMILES string of the molecule is Cc1ccc(S(=O)(=O)n2cc(-c3ccc4nccc(N5CC[C@H](NC(=O)OC(C)(C)C)C5)c4c3)c3cccnc32)cc1. The summed E-state index contributed by atoms with van der Waals surface area (Å²) < 4.78 is 34.1. The number of aryl methyl sites for hydroxylation is 1. The average Bonchev–Trinajstić information content (AvgIpc) is 3.57. The highest BCUT2D eigenvalue weighted by molar-refractivity contribution is 7.90. The third-order valence-corrected chi connectivity index (χ3v) is 9.05. The fourth-order valence-corrected chi connectivity index (χ4v) is 6.74. The quantitative estimate of drug-likeness (QED) is 0.275. The van der Waals surface area contributed by atoms with Crippen LogP contribution in [0.2, 0.25) is 0 Å². The van der Waals surface area contributed by atoms with Crippen LogP contribution in [0.15, 0.2) is 84.1 Å². The van der Waals surface area contributed by atoms with E-state index in [1.165, 1.54) is 3.97 Å². The molecule has 0 bridgehead atoms. The number of pyridine rings is 2. The third kappa shape index (κ3) is 5.30. The second-order valence-electron chi connectivity index (χ2n) is 11.7. The van der Waals surface area contributed by atoms with Crippen LogP contribution in [0.4, 0.5) is 10.5 Å². The Balaban J connectivity index is 1.37. The van der Waals surface area contributed by atoms with E-state index in [2.05, 4.69) is 26.3 Å². The lowest BCUT2D eigenvalue weighted by Gasteiger charge is -2.23. The van der Waals surface area contributed by atoms with Crippen molar-refractivity contribution in [1.29, 1.82) is 0 Å². The minimum Gasteiger partial charge on any atom is -0.444 e. The lowest BCUT2D eigenvalue weighted by molar-refractivity contribution is 0.0509. The van der Waals surface area contributed by atoms with Crippen molar-refractivity contribution in [2.24, 2.45) is 0 Å². The van der Waals surface area contributed by atoms with Gasteiger partial charge in [-0.2, -0.15) is 0 Å². The fraction of sp³-hybridized carbons (Fsp3) is 0.281. The highest BCUT2D eigenvalue weighted by atomic mass is 32.2. The number of alkyl carbamates (subject to hydrolysis) is 1. The Bertz CT molecular complexity index is 1910. The maximum atomic E-state index is 13.7. The van der Waals surface area contributed by atoms with Crippen molar-refractivity contribution in [2.75, 3.05) is 18.0 Å². The van der Waals surface area contributed by atoms with Crippen LogP contribution in [-0.4, -0.2) is 53.2 Å². The molecule has 10 heteroatoms. The maximum Gasteiger partial charge on any atom is 0.407 e. The van der Waals surface area contributed by atoms with Crippen LogP contribution in [0.3, 0.4) is 0 Å². The second kappa shape index (κ2) is 10.4. The number of hydrogen-bond acceptors (Lipinski definition) is 7. The van der Waals surface area contributed by atoms with Gasteiger partial charge in [0, 0.05) is 53.7 Å². The summed E-state index contributed by atoms with van der Waals surface area (Å²) in [6, 6.07) is 18.4. The molecule has 4 heterocycles. The predicted octanol–water partition coefficient (Wildman–Crippen LogP) is 5.90. The molecule has 1 saturated heterocycles. The first kappa shape index (κ1) is 27.7. The molecular weight excluding hydrogens is 550 g/mol. The van der Waals surface area contributed by atoms with Crippen LogP contribution < -0.4 is 10.2 Å². The standard InChI is InChI=1S/C32H33N5O4S/c1-21-7-10-24(11-8-21)42(39,40)37-20-27(25-6-5-15-34-30(25)37)22-9-12-28-26(18-22)29(13-16-33-28)36-17-14-23(19-36)35-31(38)41-32(2,3)4/h5-13,15-16,18,20,23H,14,17,19H2,1-4H3,(H,35,38)/t23-/m0/s1. The van der Waals surface area contributed by atoms with E-state index < -0.39 is 21.7 Å². The largest absolute Gasteiger partial charge is 0.444 e. The number of amides is 1. The zero-order valence-corrected chi connectivity index (χ0v) is 24.9. The first-order valence-corrected chi connectivity index (χ1v) is 15.4. The van der Waals surface area contributed by atoms with Gasteiger partial charge < -0.3 is 15.0 Å². The molecule has 9 nitrogen and oxygen atoms in total. The molecule has 1 fully saturated rings. The second-order valence-corrected chi connectivity index (χ2v) is 13.5. The summed E-state index contributed by atoms with van der Waals surface area (Å²) in [5, 5.41) is 4.67. The van der Waals surface area contributed by atoms with Crippen molar-refractivity contribution < 1.29 is 17.9 Å². The van der Waals surface area contributed by atoms with Gasteiger partial charge in [-0.05, 0) is 82.1 Å². The zero-order valence-electron chi connectivity index (χ0n) is 24.0. The molecule has 0 radical (unpaired) electrons. The number of carbonyl (C=O) groups excluding carboxylic acids is 1. The minimum atomic E-state index is -3.87. The molecule has 6 rings (SSSR count). The molecule has 0 aliphatic carbocycles. The lowest BCUT2D eigenvalue weighted by Crippen LogP contribution is -2.40. The van der Waals surface area contributed by atoms with Crippen LogP contribution in [0.25, 0.3) is 33.1 Å². The van der Waals surface area contributed by atoms with Crippen molar-refractivity contribution in [1.82, 2.24) is 19.3 Å². The Morgan fingerprint density at radius 1 is 1.00 bits per heavy atom. The lowest BCUT2D eigenvalue weighted by atomic mass is 10.0. The van der Waals surface area contributed by atoms with Crippen LogP contribution in [0.5, 0.6) is 0 Å². The first-order chi connectivity index (χ1) is 20.0. The Hall–Kier alpha value is -4.44. The molecule has 3 aromatic heterocycles. The van der Waals surface area contributed by atoms with Gasteiger partial charge in [0.15, 0.2) is 5.65 Å². The number of rotatable bonds is 5. The molecular formula is C32H33N5O4S. The van der Waals surface area contributed by atoms with Crippen LogP contribution in [0.1, 0.15) is 32.8 Å². The van der Waals surface area contributed by atoms with Crippen molar-refractivity contribution >= 4 is 43.7 Å². The van der Waals surface area contributed by atoms with E-state index >= 15 is 0 Å². The number of aromatic nitrogens is 3. The summed E-state index contributed by atoms with van der Waals surface area (Å²) >= 11 is 0. The summed E-state index contributed by atoms with van der Waals surface area (Å²) in [4.78, 5) is 23.8. The summed E-state index contributed by atoms with van der Waals surface area (Å²) in [6.07, 6.45) is 5.42. The summed E-state index contributed by atoms with van der Waals surface area (Å²) in [5.41, 5.74) is 4.24. The average molecular weight is 584 g/mol. The van der Waals surface area contributed by atoms with Gasteiger partial charge in [-0.1, -0.05) is 23.8 Å². The number of ether oxygens (including phenoxy) is 1. The Labute approximate surface area is 245 Å². The van der Waals surface area contributed by atoms with Gasteiger partial charge in [0.2, 0.25) is 0 Å². The minimum absolute atomic E-state index is 0.0396. The van der Waals surface area contributed by atoms with E-state index in [9.17, 15) is 13.2 Å². The van der Waals surface area contributed by atoms with E-state index in [0.29, 0.717) is 12.2 Å². The molecule has 1 aliphatic rings. The van der Waals surface area contributed by atoms with Gasteiger partial charge in [-0.25, -0.2) is 22.2 Å².